The van der Waals surface area contributed by atoms with Crippen molar-refractivity contribution in [3.8, 4) is 33.4 Å². The molecular formula is C17H13N3OS2. The zero-order valence-corrected chi connectivity index (χ0v) is 14.2. The molecule has 0 saturated carbocycles. The van der Waals surface area contributed by atoms with Crippen LogP contribution in [0, 0.1) is 13.8 Å². The molecule has 4 nitrogen and oxygen atoms in total. The molecule has 0 aliphatic carbocycles. The topological polar surface area (TPSA) is 51.8 Å². The molecule has 0 spiro atoms. The van der Waals surface area contributed by atoms with Gasteiger partial charge in [-0.1, -0.05) is 23.4 Å². The fraction of sp³-hybridized carbons (Fsp3) is 0.118. The summed E-state index contributed by atoms with van der Waals surface area (Å²) in [5.41, 5.74) is 4.12. The lowest BCUT2D eigenvalue weighted by Crippen LogP contribution is -1.84. The second-order valence-electron chi connectivity index (χ2n) is 5.19. The van der Waals surface area contributed by atoms with Gasteiger partial charge < -0.3 is 4.52 Å². The van der Waals surface area contributed by atoms with E-state index in [1.54, 1.807) is 22.7 Å². The van der Waals surface area contributed by atoms with Gasteiger partial charge in [0, 0.05) is 16.5 Å². The summed E-state index contributed by atoms with van der Waals surface area (Å²) < 4.78 is 5.43. The van der Waals surface area contributed by atoms with Gasteiger partial charge in [-0.2, -0.15) is 4.98 Å². The third-order valence-electron chi connectivity index (χ3n) is 3.52. The third-order valence-corrected chi connectivity index (χ3v) is 5.30. The summed E-state index contributed by atoms with van der Waals surface area (Å²) in [7, 11) is 0. The Morgan fingerprint density at radius 2 is 1.87 bits per heavy atom. The van der Waals surface area contributed by atoms with E-state index < -0.39 is 0 Å². The maximum absolute atomic E-state index is 5.43. The van der Waals surface area contributed by atoms with E-state index >= 15 is 0 Å². The molecule has 0 saturated heterocycles. The van der Waals surface area contributed by atoms with Crippen molar-refractivity contribution in [1.82, 2.24) is 15.1 Å². The van der Waals surface area contributed by atoms with E-state index in [1.165, 1.54) is 0 Å². The lowest BCUT2D eigenvalue weighted by Gasteiger charge is -1.99. The maximum Gasteiger partial charge on any atom is 0.268 e. The van der Waals surface area contributed by atoms with E-state index in [2.05, 4.69) is 26.6 Å². The summed E-state index contributed by atoms with van der Waals surface area (Å²) in [5.74, 6) is 1.17. The van der Waals surface area contributed by atoms with Crippen molar-refractivity contribution < 1.29 is 4.52 Å². The molecule has 3 heterocycles. The Bertz CT molecular complexity index is 968. The van der Waals surface area contributed by atoms with Crippen molar-refractivity contribution in [1.29, 1.82) is 0 Å². The molecule has 0 N–H and O–H groups in total. The highest BCUT2D eigenvalue weighted by Gasteiger charge is 2.14. The highest BCUT2D eigenvalue weighted by atomic mass is 32.1. The molecule has 114 valence electrons. The number of rotatable bonds is 3. The first kappa shape index (κ1) is 14.3. The van der Waals surface area contributed by atoms with E-state index in [0.29, 0.717) is 11.7 Å². The Balaban J connectivity index is 1.72. The second kappa shape index (κ2) is 5.72. The molecule has 0 radical (unpaired) electrons. The Hall–Kier alpha value is -2.31. The Kier molecular flexibility index (Phi) is 3.55. The number of benzene rings is 1. The van der Waals surface area contributed by atoms with Crippen LogP contribution in [0.5, 0.6) is 0 Å². The quantitative estimate of drug-likeness (QED) is 0.514. The fourth-order valence-electron chi connectivity index (χ4n) is 2.34. The number of hydrogen-bond acceptors (Lipinski definition) is 6. The second-order valence-corrected chi connectivity index (χ2v) is 7.17. The SMILES string of the molecule is Cc1nc(-c2cccc(-c3noc(-c4sccc4C)n3)c2)cs1. The van der Waals surface area contributed by atoms with Gasteiger partial charge >= 0.3 is 0 Å². The zero-order valence-electron chi connectivity index (χ0n) is 12.6. The Morgan fingerprint density at radius 3 is 2.61 bits per heavy atom. The van der Waals surface area contributed by atoms with Crippen molar-refractivity contribution in [2.24, 2.45) is 0 Å². The summed E-state index contributed by atoms with van der Waals surface area (Å²) in [4.78, 5) is 10.1. The lowest BCUT2D eigenvalue weighted by molar-refractivity contribution is 0.433. The number of hydrogen-bond donors (Lipinski definition) is 0. The van der Waals surface area contributed by atoms with Gasteiger partial charge in [-0.3, -0.25) is 0 Å². The Morgan fingerprint density at radius 1 is 1.00 bits per heavy atom. The minimum Gasteiger partial charge on any atom is -0.333 e. The summed E-state index contributed by atoms with van der Waals surface area (Å²) in [6.45, 7) is 4.05. The van der Waals surface area contributed by atoms with Crippen molar-refractivity contribution in [3.05, 3.63) is 51.7 Å². The highest BCUT2D eigenvalue weighted by Crippen LogP contribution is 2.30. The van der Waals surface area contributed by atoms with Crippen LogP contribution in [0.15, 0.2) is 45.6 Å². The minimum absolute atomic E-state index is 0.572. The van der Waals surface area contributed by atoms with Gasteiger partial charge in [0.05, 0.1) is 15.6 Å². The monoisotopic (exact) mass is 339 g/mol. The van der Waals surface area contributed by atoms with Crippen LogP contribution in [0.2, 0.25) is 0 Å². The molecule has 6 heteroatoms. The highest BCUT2D eigenvalue weighted by molar-refractivity contribution is 7.13. The largest absolute Gasteiger partial charge is 0.333 e. The minimum atomic E-state index is 0.572. The first-order valence-electron chi connectivity index (χ1n) is 7.12. The first-order chi connectivity index (χ1) is 11.2. The number of nitrogens with zero attached hydrogens (tertiary/aromatic N) is 3. The standard InChI is InChI=1S/C17H13N3OS2/c1-10-6-7-22-15(10)17-19-16(20-21-17)13-5-3-4-12(8-13)14-9-23-11(2)18-14/h3-9H,1-2H3. The molecule has 0 aliphatic rings. The van der Waals surface area contributed by atoms with Crippen LogP contribution < -0.4 is 0 Å². The summed E-state index contributed by atoms with van der Waals surface area (Å²) in [6, 6.07) is 10.1. The third kappa shape index (κ3) is 2.71. The van der Waals surface area contributed by atoms with E-state index in [9.17, 15) is 0 Å². The molecule has 0 unspecified atom stereocenters. The molecule has 0 bridgehead atoms. The maximum atomic E-state index is 5.43. The van der Waals surface area contributed by atoms with E-state index in [1.807, 2.05) is 43.5 Å². The van der Waals surface area contributed by atoms with Crippen LogP contribution in [0.1, 0.15) is 10.6 Å². The van der Waals surface area contributed by atoms with Gasteiger partial charge in [-0.05, 0) is 36.9 Å². The van der Waals surface area contributed by atoms with Crippen LogP contribution >= 0.6 is 22.7 Å². The molecule has 4 rings (SSSR count). The molecule has 0 fully saturated rings. The molecule has 0 atom stereocenters. The first-order valence-corrected chi connectivity index (χ1v) is 8.88. The van der Waals surface area contributed by atoms with Crippen LogP contribution in [-0.2, 0) is 0 Å². The number of thiazole rings is 1. The lowest BCUT2D eigenvalue weighted by atomic mass is 10.1. The molecule has 23 heavy (non-hydrogen) atoms. The molecule has 1 aromatic carbocycles. The van der Waals surface area contributed by atoms with Crippen molar-refractivity contribution >= 4 is 22.7 Å². The van der Waals surface area contributed by atoms with Crippen molar-refractivity contribution in [2.75, 3.05) is 0 Å². The van der Waals surface area contributed by atoms with Crippen molar-refractivity contribution in [3.63, 3.8) is 0 Å². The van der Waals surface area contributed by atoms with Crippen LogP contribution in [-0.4, -0.2) is 15.1 Å². The summed E-state index contributed by atoms with van der Waals surface area (Å²) >= 11 is 3.25. The van der Waals surface area contributed by atoms with Gasteiger partial charge in [0.2, 0.25) is 5.82 Å². The van der Waals surface area contributed by atoms with Gasteiger partial charge in [-0.25, -0.2) is 4.98 Å². The smallest absolute Gasteiger partial charge is 0.268 e. The Labute approximate surface area is 141 Å². The van der Waals surface area contributed by atoms with Gasteiger partial charge in [0.25, 0.3) is 5.89 Å². The molecular weight excluding hydrogens is 326 g/mol. The number of aryl methyl sites for hydroxylation is 2. The molecule has 3 aromatic heterocycles. The van der Waals surface area contributed by atoms with E-state index in [0.717, 1.165) is 32.3 Å². The average molecular weight is 339 g/mol. The molecule has 0 aliphatic heterocycles. The summed E-state index contributed by atoms with van der Waals surface area (Å²) in [6.07, 6.45) is 0. The van der Waals surface area contributed by atoms with E-state index in [-0.39, 0.29) is 0 Å². The van der Waals surface area contributed by atoms with Crippen molar-refractivity contribution in [2.45, 2.75) is 13.8 Å². The van der Waals surface area contributed by atoms with Gasteiger partial charge in [0.15, 0.2) is 0 Å². The van der Waals surface area contributed by atoms with Crippen LogP contribution in [0.3, 0.4) is 0 Å². The van der Waals surface area contributed by atoms with Gasteiger partial charge in [0.1, 0.15) is 0 Å². The molecule has 0 amide bonds. The number of thiophene rings is 1. The van der Waals surface area contributed by atoms with E-state index in [4.69, 9.17) is 4.52 Å². The normalized spacial score (nSPS) is 11.0. The van der Waals surface area contributed by atoms with Crippen LogP contribution in [0.4, 0.5) is 0 Å². The average Bonchev–Trinajstić information content (AvgIpc) is 3.27. The van der Waals surface area contributed by atoms with Gasteiger partial charge in [-0.15, -0.1) is 22.7 Å². The summed E-state index contributed by atoms with van der Waals surface area (Å²) in [5, 5.41) is 9.27. The fourth-order valence-corrected chi connectivity index (χ4v) is 3.81. The predicted octanol–water partition coefficient (Wildman–Crippen LogP) is 5.21. The zero-order chi connectivity index (χ0) is 15.8. The predicted molar refractivity (Wildman–Crippen MR) is 93.6 cm³/mol. The number of aromatic nitrogens is 3. The molecule has 4 aromatic rings. The van der Waals surface area contributed by atoms with Crippen LogP contribution in [0.25, 0.3) is 33.4 Å².